The number of H-pyrrole nitrogens is 1. The average molecular weight is 483 g/mol. The number of hydrogen-bond acceptors (Lipinski definition) is 8. The summed E-state index contributed by atoms with van der Waals surface area (Å²) in [6, 6.07) is 14.3. The minimum Gasteiger partial charge on any atom is -0.484 e. The first-order valence-corrected chi connectivity index (χ1v) is 10.6. The lowest BCUT2D eigenvalue weighted by atomic mass is 10.2. The number of hydrogen-bond donors (Lipinski definition) is 2. The third kappa shape index (κ3) is 6.32. The van der Waals surface area contributed by atoms with E-state index in [2.05, 4.69) is 4.98 Å². The number of nitrogens with two attached hydrogens (primary N) is 1. The summed E-state index contributed by atoms with van der Waals surface area (Å²) in [4.78, 5) is 52.0. The molecule has 12 nitrogen and oxygen atoms in total. The van der Waals surface area contributed by atoms with Crippen LogP contribution in [0, 0.1) is 10.1 Å². The highest BCUT2D eigenvalue weighted by Gasteiger charge is 2.24. The van der Waals surface area contributed by atoms with Gasteiger partial charge in [-0.3, -0.25) is 29.3 Å². The zero-order valence-corrected chi connectivity index (χ0v) is 19.0. The van der Waals surface area contributed by atoms with Crippen molar-refractivity contribution < 1.29 is 19.2 Å². The molecule has 1 aromatic heterocycles. The molecular formula is C23H25N5O7. The van der Waals surface area contributed by atoms with Crippen LogP contribution in [0.2, 0.25) is 0 Å². The number of amides is 1. The van der Waals surface area contributed by atoms with Gasteiger partial charge in [0.2, 0.25) is 0 Å². The Morgan fingerprint density at radius 2 is 1.83 bits per heavy atom. The highest BCUT2D eigenvalue weighted by atomic mass is 16.6. The quantitative estimate of drug-likeness (QED) is 0.236. The molecule has 1 heterocycles. The van der Waals surface area contributed by atoms with Crippen molar-refractivity contribution >= 4 is 23.1 Å². The van der Waals surface area contributed by atoms with E-state index < -0.39 is 28.7 Å². The lowest BCUT2D eigenvalue weighted by Crippen LogP contribution is -2.43. The number of anilines is 2. The van der Waals surface area contributed by atoms with Crippen molar-refractivity contribution in [1.82, 2.24) is 9.55 Å². The van der Waals surface area contributed by atoms with Crippen LogP contribution >= 0.6 is 0 Å². The van der Waals surface area contributed by atoms with Crippen LogP contribution in [0.4, 0.5) is 17.2 Å². The van der Waals surface area contributed by atoms with Crippen LogP contribution in [0.5, 0.6) is 5.75 Å². The van der Waals surface area contributed by atoms with Gasteiger partial charge in [0.1, 0.15) is 11.6 Å². The lowest BCUT2D eigenvalue weighted by molar-refractivity contribution is -0.384. The molecule has 3 aromatic rings. The number of nitrogen functional groups attached to an aromatic ring is 1. The fourth-order valence-electron chi connectivity index (χ4n) is 3.38. The van der Waals surface area contributed by atoms with Gasteiger partial charge in [-0.1, -0.05) is 30.3 Å². The van der Waals surface area contributed by atoms with Gasteiger partial charge < -0.3 is 20.1 Å². The van der Waals surface area contributed by atoms with E-state index in [9.17, 15) is 24.5 Å². The van der Waals surface area contributed by atoms with Crippen molar-refractivity contribution in [2.75, 3.05) is 37.5 Å². The second kappa shape index (κ2) is 11.6. The molecule has 3 rings (SSSR count). The van der Waals surface area contributed by atoms with E-state index in [4.69, 9.17) is 15.2 Å². The van der Waals surface area contributed by atoms with Crippen LogP contribution in [0.3, 0.4) is 0 Å². The number of benzene rings is 2. The number of rotatable bonds is 11. The zero-order valence-electron chi connectivity index (χ0n) is 19.0. The van der Waals surface area contributed by atoms with Crippen LogP contribution in [0.15, 0.2) is 64.2 Å². The van der Waals surface area contributed by atoms with Gasteiger partial charge in [0.05, 0.1) is 11.5 Å². The monoisotopic (exact) mass is 483 g/mol. The van der Waals surface area contributed by atoms with Crippen molar-refractivity contribution in [3.05, 3.63) is 91.1 Å². The third-order valence-corrected chi connectivity index (χ3v) is 5.11. The van der Waals surface area contributed by atoms with Gasteiger partial charge in [-0.05, 0) is 24.1 Å². The van der Waals surface area contributed by atoms with Crippen molar-refractivity contribution in [1.29, 1.82) is 0 Å². The SMILES string of the molecule is COCCCN(C(=O)COc1ccc([N+](=O)[O-])cc1)c1c(N)n(Cc2ccccc2)c(=O)[nH]c1=O. The van der Waals surface area contributed by atoms with E-state index in [1.165, 1.54) is 35.9 Å². The maximum atomic E-state index is 13.1. The number of nitrogens with zero attached hydrogens (tertiary/aromatic N) is 3. The Kier molecular flexibility index (Phi) is 8.35. The summed E-state index contributed by atoms with van der Waals surface area (Å²) in [5.74, 6) is -0.526. The Hall–Kier alpha value is -4.45. The number of carbonyl (C=O) groups excluding carboxylic acids is 1. The summed E-state index contributed by atoms with van der Waals surface area (Å²) in [5, 5.41) is 10.8. The number of nitro groups is 1. The number of aromatic nitrogens is 2. The molecule has 3 N–H and O–H groups in total. The maximum absolute atomic E-state index is 13.1. The van der Waals surface area contributed by atoms with Crippen molar-refractivity contribution in [2.24, 2.45) is 0 Å². The third-order valence-electron chi connectivity index (χ3n) is 5.11. The minimum absolute atomic E-state index is 0.0765. The first-order valence-electron chi connectivity index (χ1n) is 10.6. The molecule has 12 heteroatoms. The van der Waals surface area contributed by atoms with Crippen LogP contribution < -0.4 is 26.6 Å². The largest absolute Gasteiger partial charge is 0.484 e. The summed E-state index contributed by atoms with van der Waals surface area (Å²) < 4.78 is 11.7. The van der Waals surface area contributed by atoms with E-state index in [0.717, 1.165) is 10.5 Å². The number of non-ortho nitro benzene ring substituents is 1. The first kappa shape index (κ1) is 25.2. The maximum Gasteiger partial charge on any atom is 0.330 e. The Balaban J connectivity index is 1.89. The molecule has 0 saturated heterocycles. The molecule has 0 aliphatic rings. The summed E-state index contributed by atoms with van der Waals surface area (Å²) in [6.07, 6.45) is 0.385. The van der Waals surface area contributed by atoms with Gasteiger partial charge in [0, 0.05) is 32.4 Å². The normalized spacial score (nSPS) is 10.7. The number of aromatic amines is 1. The van der Waals surface area contributed by atoms with E-state index in [1.807, 2.05) is 6.07 Å². The summed E-state index contributed by atoms with van der Waals surface area (Å²) >= 11 is 0. The topological polar surface area (TPSA) is 163 Å². The fourth-order valence-corrected chi connectivity index (χ4v) is 3.38. The predicted octanol–water partition coefficient (Wildman–Crippen LogP) is 1.52. The Morgan fingerprint density at radius 3 is 2.46 bits per heavy atom. The fraction of sp³-hybridized carbons (Fsp3) is 0.261. The highest BCUT2D eigenvalue weighted by Crippen LogP contribution is 2.20. The number of methoxy groups -OCH3 is 1. The van der Waals surface area contributed by atoms with Gasteiger partial charge in [-0.15, -0.1) is 0 Å². The second-order valence-electron chi connectivity index (χ2n) is 7.50. The molecule has 0 spiro atoms. The zero-order chi connectivity index (χ0) is 25.4. The second-order valence-corrected chi connectivity index (χ2v) is 7.50. The van der Waals surface area contributed by atoms with Gasteiger partial charge in [-0.2, -0.15) is 0 Å². The standard InChI is InChI=1S/C23H25N5O7/c1-34-13-5-12-26(19(29)15-35-18-10-8-17(9-11-18)28(32)33)20-21(24)27(23(31)25-22(20)30)14-16-6-3-2-4-7-16/h2-4,6-11H,5,12-15,24H2,1H3,(H,25,30,31). The van der Waals surface area contributed by atoms with Crippen molar-refractivity contribution in [3.8, 4) is 5.75 Å². The van der Waals surface area contributed by atoms with Crippen LogP contribution in [-0.2, 0) is 16.1 Å². The Morgan fingerprint density at radius 1 is 1.14 bits per heavy atom. The minimum atomic E-state index is -0.807. The molecule has 0 atom stereocenters. The van der Waals surface area contributed by atoms with Gasteiger partial charge in [0.25, 0.3) is 17.2 Å². The molecule has 0 aliphatic carbocycles. The smallest absolute Gasteiger partial charge is 0.330 e. The Bertz CT molecular complexity index is 1290. The molecule has 1 amide bonds. The van der Waals surface area contributed by atoms with E-state index >= 15 is 0 Å². The molecular weight excluding hydrogens is 458 g/mol. The molecule has 0 radical (unpaired) electrons. The average Bonchev–Trinajstić information content (AvgIpc) is 2.85. The first-order chi connectivity index (χ1) is 16.8. The molecule has 2 aromatic carbocycles. The number of nitrogens with one attached hydrogen (secondary N) is 1. The van der Waals surface area contributed by atoms with Gasteiger partial charge >= 0.3 is 5.69 Å². The molecule has 0 fully saturated rings. The molecule has 0 saturated carbocycles. The molecule has 0 unspecified atom stereocenters. The van der Waals surface area contributed by atoms with Gasteiger partial charge in [-0.25, -0.2) is 4.79 Å². The lowest BCUT2D eigenvalue weighted by Gasteiger charge is -2.24. The predicted molar refractivity (Wildman–Crippen MR) is 129 cm³/mol. The molecule has 0 aliphatic heterocycles. The highest BCUT2D eigenvalue weighted by molar-refractivity contribution is 5.96. The summed E-state index contributed by atoms with van der Waals surface area (Å²) in [7, 11) is 1.51. The number of carbonyl (C=O) groups is 1. The van der Waals surface area contributed by atoms with Crippen molar-refractivity contribution in [3.63, 3.8) is 0 Å². The number of ether oxygens (including phenoxy) is 2. The van der Waals surface area contributed by atoms with E-state index in [1.54, 1.807) is 24.3 Å². The summed E-state index contributed by atoms with van der Waals surface area (Å²) in [6.45, 7) is 0.0116. The summed E-state index contributed by atoms with van der Waals surface area (Å²) in [5.41, 5.74) is 5.21. The van der Waals surface area contributed by atoms with Crippen molar-refractivity contribution in [2.45, 2.75) is 13.0 Å². The Labute approximate surface area is 199 Å². The molecule has 35 heavy (non-hydrogen) atoms. The molecule has 184 valence electrons. The van der Waals surface area contributed by atoms with Crippen LogP contribution in [0.1, 0.15) is 12.0 Å². The number of nitro benzene ring substituents is 1. The van der Waals surface area contributed by atoms with Gasteiger partial charge in [0.15, 0.2) is 12.3 Å². The van der Waals surface area contributed by atoms with E-state index in [0.29, 0.717) is 13.0 Å². The van der Waals surface area contributed by atoms with E-state index in [-0.39, 0.29) is 36.0 Å². The molecule has 0 bridgehead atoms. The van der Waals surface area contributed by atoms with Crippen LogP contribution in [-0.4, -0.2) is 47.2 Å². The van der Waals surface area contributed by atoms with Crippen LogP contribution in [0.25, 0.3) is 0 Å².